The number of aryl methyl sites for hydroxylation is 1. The van der Waals surface area contributed by atoms with E-state index in [2.05, 4.69) is 22.1 Å². The summed E-state index contributed by atoms with van der Waals surface area (Å²) in [5.74, 6) is 0.674. The normalized spacial score (nSPS) is 10.1. The molecular formula is C13H12N2O. The molecule has 0 saturated carbocycles. The van der Waals surface area contributed by atoms with Crippen molar-refractivity contribution in [1.82, 2.24) is 9.97 Å². The van der Waals surface area contributed by atoms with Crippen LogP contribution in [0.4, 0.5) is 0 Å². The summed E-state index contributed by atoms with van der Waals surface area (Å²) in [6.07, 6.45) is 3.00. The Kier molecular flexibility index (Phi) is 3.05. The van der Waals surface area contributed by atoms with E-state index in [9.17, 15) is 4.79 Å². The number of hydrogen-bond acceptors (Lipinski definition) is 3. The van der Waals surface area contributed by atoms with Gasteiger partial charge in [0, 0.05) is 12.6 Å². The first-order valence-corrected chi connectivity index (χ1v) is 5.10. The molecule has 0 unspecified atom stereocenters. The van der Waals surface area contributed by atoms with Gasteiger partial charge in [-0.2, -0.15) is 0 Å². The van der Waals surface area contributed by atoms with Crippen LogP contribution in [0.3, 0.4) is 0 Å². The maximum absolute atomic E-state index is 10.6. The van der Waals surface area contributed by atoms with Gasteiger partial charge in [0.2, 0.25) is 0 Å². The van der Waals surface area contributed by atoms with Crippen LogP contribution in [0.1, 0.15) is 27.4 Å². The summed E-state index contributed by atoms with van der Waals surface area (Å²) >= 11 is 0. The van der Waals surface area contributed by atoms with Crippen molar-refractivity contribution >= 4 is 6.29 Å². The van der Waals surface area contributed by atoms with Crippen molar-refractivity contribution in [3.8, 4) is 0 Å². The van der Waals surface area contributed by atoms with Crippen LogP contribution in [0.25, 0.3) is 0 Å². The summed E-state index contributed by atoms with van der Waals surface area (Å²) in [7, 11) is 0. The minimum Gasteiger partial charge on any atom is -0.296 e. The first-order chi connectivity index (χ1) is 7.78. The minimum absolute atomic E-state index is 0.428. The molecule has 0 bridgehead atoms. The summed E-state index contributed by atoms with van der Waals surface area (Å²) in [6, 6.07) is 9.81. The number of carbonyl (C=O) groups excluding carboxylic acids is 1. The molecule has 0 radical (unpaired) electrons. The van der Waals surface area contributed by atoms with Gasteiger partial charge in [-0.15, -0.1) is 0 Å². The van der Waals surface area contributed by atoms with Crippen LogP contribution in [-0.4, -0.2) is 16.3 Å². The Labute approximate surface area is 94.2 Å². The molecule has 0 aliphatic heterocycles. The number of hydrogen-bond donors (Lipinski definition) is 0. The van der Waals surface area contributed by atoms with Gasteiger partial charge in [0.15, 0.2) is 6.29 Å². The highest BCUT2D eigenvalue weighted by atomic mass is 16.1. The van der Waals surface area contributed by atoms with Crippen LogP contribution < -0.4 is 0 Å². The van der Waals surface area contributed by atoms with E-state index in [1.54, 1.807) is 12.3 Å². The molecular weight excluding hydrogens is 200 g/mol. The predicted molar refractivity (Wildman–Crippen MR) is 61.4 cm³/mol. The highest BCUT2D eigenvalue weighted by Gasteiger charge is 2.00. The number of aromatic nitrogens is 2. The van der Waals surface area contributed by atoms with Gasteiger partial charge in [-0.1, -0.05) is 29.8 Å². The zero-order valence-corrected chi connectivity index (χ0v) is 9.05. The summed E-state index contributed by atoms with van der Waals surface area (Å²) in [4.78, 5) is 18.8. The van der Waals surface area contributed by atoms with Crippen molar-refractivity contribution in [3.63, 3.8) is 0 Å². The van der Waals surface area contributed by atoms with Crippen molar-refractivity contribution in [1.29, 1.82) is 0 Å². The Bertz CT molecular complexity index is 492. The van der Waals surface area contributed by atoms with Crippen LogP contribution in [0.15, 0.2) is 36.5 Å². The third kappa shape index (κ3) is 2.51. The Hall–Kier alpha value is -2.03. The van der Waals surface area contributed by atoms with E-state index in [0.717, 1.165) is 11.8 Å². The number of carbonyl (C=O) groups is 1. The van der Waals surface area contributed by atoms with Gasteiger partial charge in [0.25, 0.3) is 0 Å². The van der Waals surface area contributed by atoms with E-state index < -0.39 is 0 Å². The van der Waals surface area contributed by atoms with Gasteiger partial charge in [-0.25, -0.2) is 9.97 Å². The van der Waals surface area contributed by atoms with Crippen LogP contribution in [-0.2, 0) is 6.42 Å². The zero-order valence-electron chi connectivity index (χ0n) is 9.05. The maximum atomic E-state index is 10.6. The van der Waals surface area contributed by atoms with Crippen LogP contribution in [0.2, 0.25) is 0 Å². The molecule has 1 aromatic heterocycles. The molecule has 3 nitrogen and oxygen atoms in total. The largest absolute Gasteiger partial charge is 0.296 e. The molecule has 0 aliphatic carbocycles. The summed E-state index contributed by atoms with van der Waals surface area (Å²) < 4.78 is 0. The van der Waals surface area contributed by atoms with Crippen LogP contribution >= 0.6 is 0 Å². The first kappa shape index (κ1) is 10.5. The van der Waals surface area contributed by atoms with Crippen molar-refractivity contribution in [2.24, 2.45) is 0 Å². The van der Waals surface area contributed by atoms with Gasteiger partial charge >= 0.3 is 0 Å². The second-order valence-electron chi connectivity index (χ2n) is 3.68. The SMILES string of the molecule is Cc1ccc(Cc2nccc(C=O)n2)cc1. The molecule has 0 atom stereocenters. The van der Waals surface area contributed by atoms with Gasteiger partial charge in [-0.05, 0) is 18.6 Å². The first-order valence-electron chi connectivity index (χ1n) is 5.10. The highest BCUT2D eigenvalue weighted by molar-refractivity contribution is 5.71. The van der Waals surface area contributed by atoms with E-state index in [1.807, 2.05) is 19.1 Å². The fourth-order valence-corrected chi connectivity index (χ4v) is 1.45. The molecule has 0 spiro atoms. The number of aldehydes is 1. The third-order valence-electron chi connectivity index (χ3n) is 2.33. The quantitative estimate of drug-likeness (QED) is 0.732. The molecule has 0 N–H and O–H groups in total. The Morgan fingerprint density at radius 2 is 1.94 bits per heavy atom. The van der Waals surface area contributed by atoms with E-state index in [0.29, 0.717) is 17.9 Å². The lowest BCUT2D eigenvalue weighted by Gasteiger charge is -2.01. The average molecular weight is 212 g/mol. The van der Waals surface area contributed by atoms with Crippen LogP contribution in [0, 0.1) is 6.92 Å². The highest BCUT2D eigenvalue weighted by Crippen LogP contribution is 2.07. The van der Waals surface area contributed by atoms with Gasteiger partial charge < -0.3 is 0 Å². The summed E-state index contributed by atoms with van der Waals surface area (Å²) in [5, 5.41) is 0. The monoisotopic (exact) mass is 212 g/mol. The molecule has 2 rings (SSSR count). The Morgan fingerprint density at radius 1 is 1.19 bits per heavy atom. The van der Waals surface area contributed by atoms with Crippen molar-refractivity contribution in [2.75, 3.05) is 0 Å². The molecule has 0 saturated heterocycles. The molecule has 0 aliphatic rings. The Morgan fingerprint density at radius 3 is 2.62 bits per heavy atom. The molecule has 1 aromatic carbocycles. The lowest BCUT2D eigenvalue weighted by Crippen LogP contribution is -1.99. The van der Waals surface area contributed by atoms with Gasteiger partial charge in [0.1, 0.15) is 11.5 Å². The van der Waals surface area contributed by atoms with Crippen molar-refractivity contribution in [3.05, 3.63) is 59.2 Å². The Balaban J connectivity index is 2.20. The molecule has 0 fully saturated rings. The fourth-order valence-electron chi connectivity index (χ4n) is 1.45. The van der Waals surface area contributed by atoms with Crippen molar-refractivity contribution < 1.29 is 4.79 Å². The summed E-state index contributed by atoms with van der Waals surface area (Å²) in [5.41, 5.74) is 2.80. The van der Waals surface area contributed by atoms with E-state index >= 15 is 0 Å². The van der Waals surface area contributed by atoms with Crippen molar-refractivity contribution in [2.45, 2.75) is 13.3 Å². The minimum atomic E-state index is 0.428. The third-order valence-corrected chi connectivity index (χ3v) is 2.33. The predicted octanol–water partition coefficient (Wildman–Crippen LogP) is 2.19. The van der Waals surface area contributed by atoms with Crippen LogP contribution in [0.5, 0.6) is 0 Å². The standard InChI is InChI=1S/C13H12N2O/c1-10-2-4-11(5-3-10)8-13-14-7-6-12(9-16)15-13/h2-7,9H,8H2,1H3. The van der Waals surface area contributed by atoms with E-state index in [-0.39, 0.29) is 0 Å². The van der Waals surface area contributed by atoms with E-state index in [1.165, 1.54) is 5.56 Å². The van der Waals surface area contributed by atoms with Gasteiger partial charge in [-0.3, -0.25) is 4.79 Å². The summed E-state index contributed by atoms with van der Waals surface area (Å²) in [6.45, 7) is 2.05. The molecule has 16 heavy (non-hydrogen) atoms. The molecule has 3 heteroatoms. The smallest absolute Gasteiger partial charge is 0.168 e. The average Bonchev–Trinajstić information content (AvgIpc) is 2.32. The number of rotatable bonds is 3. The second kappa shape index (κ2) is 4.66. The zero-order chi connectivity index (χ0) is 11.4. The van der Waals surface area contributed by atoms with Gasteiger partial charge in [0.05, 0.1) is 0 Å². The van der Waals surface area contributed by atoms with E-state index in [4.69, 9.17) is 0 Å². The lowest BCUT2D eigenvalue weighted by atomic mass is 10.1. The molecule has 1 heterocycles. The second-order valence-corrected chi connectivity index (χ2v) is 3.68. The maximum Gasteiger partial charge on any atom is 0.168 e. The topological polar surface area (TPSA) is 42.9 Å². The fraction of sp³-hybridized carbons (Fsp3) is 0.154. The number of benzene rings is 1. The lowest BCUT2D eigenvalue weighted by molar-refractivity contribution is 0.111. The number of nitrogens with zero attached hydrogens (tertiary/aromatic N) is 2. The molecule has 0 amide bonds. The molecule has 80 valence electrons. The molecule has 2 aromatic rings.